The maximum Gasteiger partial charge on any atom is 0.330 e. The monoisotopic (exact) mass is 281 g/mol. The number of amides is 1. The molecular formula is C14H16ClNO3. The van der Waals surface area contributed by atoms with Crippen LogP contribution in [-0.2, 0) is 20.9 Å². The van der Waals surface area contributed by atoms with Crippen molar-refractivity contribution in [2.24, 2.45) is 0 Å². The van der Waals surface area contributed by atoms with Crippen LogP contribution in [-0.4, -0.2) is 18.5 Å². The minimum absolute atomic E-state index is 0.294. The Labute approximate surface area is 117 Å². The quantitative estimate of drug-likeness (QED) is 0.644. The molecule has 1 rings (SSSR count). The number of nitrogens with one attached hydrogen (secondary N) is 1. The standard InChI is InChI=1S/C14H16ClNO3/c1-2-3-8-14(18)19-10-13(17)16-9-11-6-4-5-7-12(11)15/h3-8H,2,9-10H2,1H3,(H,16,17)/b8-3+. The molecular weight excluding hydrogens is 266 g/mol. The number of rotatable bonds is 6. The maximum absolute atomic E-state index is 11.5. The molecule has 0 bridgehead atoms. The van der Waals surface area contributed by atoms with Crippen molar-refractivity contribution in [1.82, 2.24) is 5.32 Å². The predicted octanol–water partition coefficient (Wildman–Crippen LogP) is 2.47. The zero-order chi connectivity index (χ0) is 14.1. The lowest BCUT2D eigenvalue weighted by Crippen LogP contribution is -2.28. The Hall–Kier alpha value is -1.81. The fourth-order valence-electron chi connectivity index (χ4n) is 1.29. The van der Waals surface area contributed by atoms with E-state index in [1.54, 1.807) is 12.1 Å². The van der Waals surface area contributed by atoms with Crippen LogP contribution in [0, 0.1) is 0 Å². The summed E-state index contributed by atoms with van der Waals surface area (Å²) in [6.45, 7) is 1.91. The van der Waals surface area contributed by atoms with Crippen LogP contribution in [0.4, 0.5) is 0 Å². The minimum Gasteiger partial charge on any atom is -0.452 e. The number of benzene rings is 1. The van der Waals surface area contributed by atoms with Gasteiger partial charge in [-0.3, -0.25) is 4.79 Å². The molecule has 0 heterocycles. The topological polar surface area (TPSA) is 55.4 Å². The van der Waals surface area contributed by atoms with Crippen molar-refractivity contribution in [3.63, 3.8) is 0 Å². The summed E-state index contributed by atoms with van der Waals surface area (Å²) in [7, 11) is 0. The first-order valence-corrected chi connectivity index (χ1v) is 6.34. The number of hydrogen-bond acceptors (Lipinski definition) is 3. The highest BCUT2D eigenvalue weighted by atomic mass is 35.5. The van der Waals surface area contributed by atoms with Crippen LogP contribution in [0.2, 0.25) is 5.02 Å². The second kappa shape index (κ2) is 8.32. The van der Waals surface area contributed by atoms with Gasteiger partial charge in [0.15, 0.2) is 6.61 Å². The number of carbonyl (C=O) groups excluding carboxylic acids is 2. The van der Waals surface area contributed by atoms with Crippen molar-refractivity contribution in [1.29, 1.82) is 0 Å². The lowest BCUT2D eigenvalue weighted by atomic mass is 10.2. The smallest absolute Gasteiger partial charge is 0.330 e. The van der Waals surface area contributed by atoms with Crippen molar-refractivity contribution in [2.75, 3.05) is 6.61 Å². The highest BCUT2D eigenvalue weighted by Crippen LogP contribution is 2.14. The summed E-state index contributed by atoms with van der Waals surface area (Å²) in [4.78, 5) is 22.6. The highest BCUT2D eigenvalue weighted by molar-refractivity contribution is 6.31. The van der Waals surface area contributed by atoms with Crippen LogP contribution in [0.1, 0.15) is 18.9 Å². The van der Waals surface area contributed by atoms with E-state index >= 15 is 0 Å². The van der Waals surface area contributed by atoms with Crippen LogP contribution in [0.5, 0.6) is 0 Å². The summed E-state index contributed by atoms with van der Waals surface area (Å²) in [6, 6.07) is 7.22. The zero-order valence-corrected chi connectivity index (χ0v) is 11.4. The molecule has 1 amide bonds. The average molecular weight is 282 g/mol. The van der Waals surface area contributed by atoms with Crippen molar-refractivity contribution >= 4 is 23.5 Å². The van der Waals surface area contributed by atoms with Gasteiger partial charge in [0.2, 0.25) is 0 Å². The first-order chi connectivity index (χ1) is 9.13. The third-order valence-corrected chi connectivity index (χ3v) is 2.64. The van der Waals surface area contributed by atoms with Gasteiger partial charge in [0.25, 0.3) is 5.91 Å². The van der Waals surface area contributed by atoms with Crippen molar-refractivity contribution in [3.05, 3.63) is 47.0 Å². The summed E-state index contributed by atoms with van der Waals surface area (Å²) in [5.41, 5.74) is 0.815. The second-order valence-electron chi connectivity index (χ2n) is 3.79. The van der Waals surface area contributed by atoms with Crippen LogP contribution in [0.15, 0.2) is 36.4 Å². The molecule has 0 aliphatic carbocycles. The molecule has 0 radical (unpaired) electrons. The Balaban J connectivity index is 2.31. The molecule has 0 unspecified atom stereocenters. The van der Waals surface area contributed by atoms with E-state index in [0.29, 0.717) is 11.6 Å². The van der Waals surface area contributed by atoms with Crippen molar-refractivity contribution in [2.45, 2.75) is 19.9 Å². The van der Waals surface area contributed by atoms with E-state index in [2.05, 4.69) is 5.32 Å². The molecule has 102 valence electrons. The first kappa shape index (κ1) is 15.2. The number of carbonyl (C=O) groups is 2. The number of allylic oxidation sites excluding steroid dienone is 1. The molecule has 4 nitrogen and oxygen atoms in total. The molecule has 0 saturated heterocycles. The Bertz CT molecular complexity index is 472. The molecule has 1 aromatic carbocycles. The predicted molar refractivity (Wildman–Crippen MR) is 73.7 cm³/mol. The van der Waals surface area contributed by atoms with Crippen LogP contribution >= 0.6 is 11.6 Å². The van der Waals surface area contributed by atoms with Gasteiger partial charge in [0.05, 0.1) is 0 Å². The average Bonchev–Trinajstić information content (AvgIpc) is 2.42. The molecule has 1 aromatic rings. The van der Waals surface area contributed by atoms with Gasteiger partial charge < -0.3 is 10.1 Å². The zero-order valence-electron chi connectivity index (χ0n) is 10.7. The molecule has 0 atom stereocenters. The van der Waals surface area contributed by atoms with Gasteiger partial charge in [0, 0.05) is 17.6 Å². The second-order valence-corrected chi connectivity index (χ2v) is 4.19. The Morgan fingerprint density at radius 3 is 2.79 bits per heavy atom. The molecule has 0 saturated carbocycles. The van der Waals surface area contributed by atoms with Crippen molar-refractivity contribution < 1.29 is 14.3 Å². The number of esters is 1. The van der Waals surface area contributed by atoms with Gasteiger partial charge in [-0.25, -0.2) is 4.79 Å². The van der Waals surface area contributed by atoms with Gasteiger partial charge >= 0.3 is 5.97 Å². The van der Waals surface area contributed by atoms with E-state index in [9.17, 15) is 9.59 Å². The molecule has 0 aliphatic rings. The third-order valence-electron chi connectivity index (χ3n) is 2.27. The third kappa shape index (κ3) is 6.06. The van der Waals surface area contributed by atoms with E-state index in [4.69, 9.17) is 16.3 Å². The molecule has 0 aromatic heterocycles. The lowest BCUT2D eigenvalue weighted by Gasteiger charge is -2.06. The van der Waals surface area contributed by atoms with Gasteiger partial charge in [-0.2, -0.15) is 0 Å². The summed E-state index contributed by atoms with van der Waals surface area (Å²) < 4.78 is 4.75. The largest absolute Gasteiger partial charge is 0.452 e. The van der Waals surface area contributed by atoms with Crippen LogP contribution in [0.25, 0.3) is 0 Å². The SMILES string of the molecule is CC/C=C/C(=O)OCC(=O)NCc1ccccc1Cl. The summed E-state index contributed by atoms with van der Waals surface area (Å²) in [5, 5.41) is 3.22. The van der Waals surface area contributed by atoms with E-state index in [-0.39, 0.29) is 12.5 Å². The molecule has 0 aliphatic heterocycles. The van der Waals surface area contributed by atoms with E-state index in [1.165, 1.54) is 6.08 Å². The highest BCUT2D eigenvalue weighted by Gasteiger charge is 2.05. The van der Waals surface area contributed by atoms with Crippen LogP contribution < -0.4 is 5.32 Å². The molecule has 5 heteroatoms. The number of hydrogen-bond donors (Lipinski definition) is 1. The number of ether oxygens (including phenoxy) is 1. The normalized spacial score (nSPS) is 10.4. The van der Waals surface area contributed by atoms with Gasteiger partial charge in [-0.1, -0.05) is 42.8 Å². The van der Waals surface area contributed by atoms with Gasteiger partial charge in [-0.15, -0.1) is 0 Å². The summed E-state index contributed by atoms with van der Waals surface area (Å²) >= 11 is 5.95. The van der Waals surface area contributed by atoms with Crippen molar-refractivity contribution in [3.8, 4) is 0 Å². The first-order valence-electron chi connectivity index (χ1n) is 5.97. The molecule has 0 fully saturated rings. The number of halogens is 1. The fraction of sp³-hybridized carbons (Fsp3) is 0.286. The summed E-state index contributed by atoms with van der Waals surface area (Å²) in [6.07, 6.45) is 3.72. The van der Waals surface area contributed by atoms with Crippen LogP contribution in [0.3, 0.4) is 0 Å². The van der Waals surface area contributed by atoms with Gasteiger partial charge in [0.1, 0.15) is 0 Å². The Kier molecular flexibility index (Phi) is 6.68. The van der Waals surface area contributed by atoms with E-state index in [0.717, 1.165) is 12.0 Å². The molecule has 0 spiro atoms. The molecule has 1 N–H and O–H groups in total. The minimum atomic E-state index is -0.519. The fourth-order valence-corrected chi connectivity index (χ4v) is 1.49. The van der Waals surface area contributed by atoms with E-state index in [1.807, 2.05) is 25.1 Å². The Morgan fingerprint density at radius 2 is 2.11 bits per heavy atom. The van der Waals surface area contributed by atoms with E-state index < -0.39 is 5.97 Å². The Morgan fingerprint density at radius 1 is 1.37 bits per heavy atom. The lowest BCUT2D eigenvalue weighted by molar-refractivity contribution is -0.143. The summed E-state index contributed by atoms with van der Waals surface area (Å²) in [5.74, 6) is -0.882. The maximum atomic E-state index is 11.5. The van der Waals surface area contributed by atoms with Gasteiger partial charge in [-0.05, 0) is 18.1 Å². The molecule has 19 heavy (non-hydrogen) atoms.